The molecule has 5 atom stereocenters. The van der Waals surface area contributed by atoms with Gasteiger partial charge in [0.1, 0.15) is 67.7 Å². The number of ether oxygens (including phenoxy) is 8. The van der Waals surface area contributed by atoms with Crippen molar-refractivity contribution in [2.24, 2.45) is 0 Å². The molecule has 0 spiro atoms. The molecule has 5 aromatic rings. The third-order valence-corrected chi connectivity index (χ3v) is 9.86. The summed E-state index contributed by atoms with van der Waals surface area (Å²) in [5.74, 6) is 3.33. The first kappa shape index (κ1) is 35.2. The van der Waals surface area contributed by atoms with Crippen LogP contribution in [0, 0.1) is 0 Å². The third kappa shape index (κ3) is 9.58. The first-order chi connectivity index (χ1) is 26.1. The Kier molecular flexibility index (Phi) is 10.9. The number of benzene rings is 5. The Hall–Kier alpha value is -4.86. The Labute approximate surface area is 311 Å². The van der Waals surface area contributed by atoms with E-state index in [0.717, 1.165) is 42.8 Å². The molecular weight excluding hydrogens is 668 g/mol. The highest BCUT2D eigenvalue weighted by molar-refractivity contribution is 5.50. The molecule has 0 radical (unpaired) electrons. The van der Waals surface area contributed by atoms with E-state index in [1.807, 2.05) is 19.1 Å². The minimum Gasteiger partial charge on any atom is -0.491 e. The molecule has 274 valence electrons. The molecule has 8 rings (SSSR count). The number of hydrogen-bond acceptors (Lipinski definition) is 8. The van der Waals surface area contributed by atoms with Gasteiger partial charge in [0.15, 0.2) is 0 Å². The fourth-order valence-electron chi connectivity index (χ4n) is 6.40. The van der Waals surface area contributed by atoms with E-state index < -0.39 is 0 Å². The van der Waals surface area contributed by atoms with E-state index in [2.05, 4.69) is 109 Å². The van der Waals surface area contributed by atoms with Gasteiger partial charge in [-0.3, -0.25) is 0 Å². The summed E-state index contributed by atoms with van der Waals surface area (Å²) >= 11 is 0. The summed E-state index contributed by atoms with van der Waals surface area (Å²) in [7, 11) is 1.69. The molecule has 0 bridgehead atoms. The van der Waals surface area contributed by atoms with Crippen LogP contribution in [0.3, 0.4) is 0 Å². The van der Waals surface area contributed by atoms with Crippen LogP contribution in [0.4, 0.5) is 0 Å². The number of epoxide rings is 3. The van der Waals surface area contributed by atoms with Crippen LogP contribution in [0.25, 0.3) is 0 Å². The number of methoxy groups -OCH3 is 1. The van der Waals surface area contributed by atoms with E-state index in [-0.39, 0.29) is 36.3 Å². The van der Waals surface area contributed by atoms with E-state index in [4.69, 9.17) is 37.9 Å². The van der Waals surface area contributed by atoms with Gasteiger partial charge in [-0.05, 0) is 88.8 Å². The molecule has 0 N–H and O–H groups in total. The van der Waals surface area contributed by atoms with Crippen molar-refractivity contribution < 1.29 is 37.9 Å². The van der Waals surface area contributed by atoms with Gasteiger partial charge in [-0.1, -0.05) is 72.8 Å². The van der Waals surface area contributed by atoms with Crippen molar-refractivity contribution >= 4 is 0 Å². The van der Waals surface area contributed by atoms with Crippen LogP contribution in [0.2, 0.25) is 0 Å². The van der Waals surface area contributed by atoms with Gasteiger partial charge in [-0.25, -0.2) is 0 Å². The highest BCUT2D eigenvalue weighted by Gasteiger charge is 2.26. The van der Waals surface area contributed by atoms with Crippen LogP contribution in [-0.2, 0) is 18.9 Å². The van der Waals surface area contributed by atoms with E-state index in [1.165, 1.54) is 33.4 Å². The Bertz CT molecular complexity index is 1820. The Morgan fingerprint density at radius 1 is 0.434 bits per heavy atom. The molecule has 3 saturated heterocycles. The summed E-state index contributed by atoms with van der Waals surface area (Å²) in [4.78, 5) is 0. The normalized spacial score (nSPS) is 20.2. The second kappa shape index (κ2) is 16.4. The largest absolute Gasteiger partial charge is 0.491 e. The van der Waals surface area contributed by atoms with Gasteiger partial charge >= 0.3 is 0 Å². The monoisotopic (exact) mass is 714 g/mol. The smallest absolute Gasteiger partial charge is 0.119 e. The second-order valence-corrected chi connectivity index (χ2v) is 14.0. The predicted octanol–water partition coefficient (Wildman–Crippen LogP) is 7.79. The summed E-state index contributed by atoms with van der Waals surface area (Å²) in [6.07, 6.45) is 0.641. The second-order valence-electron chi connectivity index (χ2n) is 14.0. The van der Waals surface area contributed by atoms with Crippen LogP contribution < -0.4 is 18.9 Å². The van der Waals surface area contributed by atoms with E-state index in [9.17, 15) is 0 Å². The van der Waals surface area contributed by atoms with Gasteiger partial charge in [-0.2, -0.15) is 0 Å². The van der Waals surface area contributed by atoms with Crippen LogP contribution in [0.5, 0.6) is 23.0 Å². The molecule has 3 fully saturated rings. The third-order valence-electron chi connectivity index (χ3n) is 9.86. The van der Waals surface area contributed by atoms with Crippen LogP contribution in [0.15, 0.2) is 121 Å². The SMILES string of the molecule is COC(C)COc1ccc(C(c2ccc(OCC3CO3)cc2)c2ccc(C(c3ccc(OCC4CO4)cc3)c3ccc(OCC4CO4)cc3)cc2)cc1. The molecule has 3 aliphatic heterocycles. The standard InChI is InChI=1S/C45H46O8/c1-30(46-2)23-47-37-15-7-33(8-16-37)44(34-9-17-38(18-10-34)48-24-41-27-51-41)31-3-5-32(6-4-31)45(35-11-19-39(20-12-35)49-25-42-28-52-42)36-13-21-40(22-14-36)50-26-43-29-53-43/h3-22,30,41-45H,23-29H2,1-2H3. The first-order valence-corrected chi connectivity index (χ1v) is 18.5. The Balaban J connectivity index is 1.08. The minimum absolute atomic E-state index is 0.00179. The minimum atomic E-state index is -0.00553. The molecule has 3 aliphatic rings. The van der Waals surface area contributed by atoms with Gasteiger partial charge in [0.25, 0.3) is 0 Å². The number of hydrogen-bond donors (Lipinski definition) is 0. The van der Waals surface area contributed by atoms with Crippen molar-refractivity contribution in [3.8, 4) is 23.0 Å². The molecule has 8 nitrogen and oxygen atoms in total. The molecule has 5 aromatic carbocycles. The molecule has 0 amide bonds. The van der Waals surface area contributed by atoms with Gasteiger partial charge in [0.2, 0.25) is 0 Å². The van der Waals surface area contributed by atoms with E-state index in [1.54, 1.807) is 7.11 Å². The lowest BCUT2D eigenvalue weighted by Crippen LogP contribution is -2.15. The van der Waals surface area contributed by atoms with Gasteiger partial charge in [0.05, 0.1) is 25.9 Å². The summed E-state index contributed by atoms with van der Waals surface area (Å²) in [6, 6.07) is 42.7. The highest BCUT2D eigenvalue weighted by atomic mass is 16.6. The summed E-state index contributed by atoms with van der Waals surface area (Å²) in [6.45, 7) is 6.53. The van der Waals surface area contributed by atoms with Crippen molar-refractivity contribution in [3.63, 3.8) is 0 Å². The average molecular weight is 715 g/mol. The van der Waals surface area contributed by atoms with Crippen molar-refractivity contribution in [2.45, 2.75) is 43.2 Å². The Morgan fingerprint density at radius 3 is 0.925 bits per heavy atom. The lowest BCUT2D eigenvalue weighted by molar-refractivity contribution is 0.0716. The van der Waals surface area contributed by atoms with Gasteiger partial charge in [0, 0.05) is 18.9 Å². The van der Waals surface area contributed by atoms with Crippen molar-refractivity contribution in [1.82, 2.24) is 0 Å². The zero-order valence-electron chi connectivity index (χ0n) is 30.2. The molecule has 0 aromatic heterocycles. The molecular formula is C45H46O8. The van der Waals surface area contributed by atoms with Crippen LogP contribution in [-0.4, -0.2) is 77.8 Å². The zero-order chi connectivity index (χ0) is 36.0. The van der Waals surface area contributed by atoms with Crippen molar-refractivity contribution in [2.75, 3.05) is 53.4 Å². The van der Waals surface area contributed by atoms with Gasteiger partial charge in [-0.15, -0.1) is 0 Å². The fraction of sp³-hybridized carbons (Fsp3) is 0.333. The van der Waals surface area contributed by atoms with Gasteiger partial charge < -0.3 is 37.9 Å². The summed E-state index contributed by atoms with van der Waals surface area (Å²) < 4.78 is 45.2. The van der Waals surface area contributed by atoms with Crippen molar-refractivity contribution in [3.05, 3.63) is 155 Å². The molecule has 5 unspecified atom stereocenters. The Morgan fingerprint density at radius 2 is 0.679 bits per heavy atom. The quantitative estimate of drug-likeness (QED) is 0.0634. The lowest BCUT2D eigenvalue weighted by atomic mass is 9.81. The zero-order valence-corrected chi connectivity index (χ0v) is 30.2. The molecule has 53 heavy (non-hydrogen) atoms. The van der Waals surface area contributed by atoms with Crippen molar-refractivity contribution in [1.29, 1.82) is 0 Å². The van der Waals surface area contributed by atoms with E-state index in [0.29, 0.717) is 26.4 Å². The number of rotatable bonds is 19. The topological polar surface area (TPSA) is 83.7 Å². The summed E-state index contributed by atoms with van der Waals surface area (Å²) in [5, 5.41) is 0. The molecule has 0 saturated carbocycles. The highest BCUT2D eigenvalue weighted by Crippen LogP contribution is 2.38. The van der Waals surface area contributed by atoms with Crippen LogP contribution >= 0.6 is 0 Å². The lowest BCUT2D eigenvalue weighted by Gasteiger charge is -2.23. The molecule has 3 heterocycles. The maximum Gasteiger partial charge on any atom is 0.119 e. The predicted molar refractivity (Wildman–Crippen MR) is 202 cm³/mol. The maximum atomic E-state index is 5.99. The van der Waals surface area contributed by atoms with Crippen LogP contribution in [0.1, 0.15) is 52.1 Å². The molecule has 0 aliphatic carbocycles. The maximum absolute atomic E-state index is 5.99. The summed E-state index contributed by atoms with van der Waals surface area (Å²) in [5.41, 5.74) is 7.07. The fourth-order valence-corrected chi connectivity index (χ4v) is 6.40. The molecule has 8 heteroatoms. The van der Waals surface area contributed by atoms with E-state index >= 15 is 0 Å². The first-order valence-electron chi connectivity index (χ1n) is 18.5. The average Bonchev–Trinajstić information content (AvgIpc) is 4.05.